The lowest BCUT2D eigenvalue weighted by Gasteiger charge is -2.42. The van der Waals surface area contributed by atoms with Crippen LogP contribution in [0.5, 0.6) is 0 Å². The molecule has 2 aromatic heterocycles. The second kappa shape index (κ2) is 8.92. The maximum Gasteiger partial charge on any atom is 0.270 e. The number of carbonyl (C=O) groups excluding carboxylic acids is 1. The molecule has 184 valence electrons. The molecule has 0 spiro atoms. The Morgan fingerprint density at radius 1 is 1.14 bits per heavy atom. The number of amides is 1. The van der Waals surface area contributed by atoms with Crippen molar-refractivity contribution in [2.45, 2.75) is 45.2 Å². The van der Waals surface area contributed by atoms with Gasteiger partial charge in [0, 0.05) is 39.7 Å². The van der Waals surface area contributed by atoms with Crippen LogP contribution in [-0.2, 0) is 16.8 Å². The summed E-state index contributed by atoms with van der Waals surface area (Å²) < 4.78 is 1.10. The highest BCUT2D eigenvalue weighted by molar-refractivity contribution is 7.23. The first-order chi connectivity index (χ1) is 17.0. The quantitative estimate of drug-likeness (QED) is 0.173. The average Bonchev–Trinajstić information content (AvgIpc) is 3.38. The number of benzene rings is 2. The Balaban J connectivity index is 1.55. The lowest BCUT2D eigenvalue weighted by molar-refractivity contribution is -0.384. The van der Waals surface area contributed by atoms with Crippen molar-refractivity contribution in [1.82, 2.24) is 10.3 Å². The molecular weight excluding hydrogens is 492 g/mol. The molecule has 2 N–H and O–H groups in total. The minimum atomic E-state index is -0.449. The Bertz CT molecular complexity index is 1500. The summed E-state index contributed by atoms with van der Waals surface area (Å²) in [4.78, 5) is 29.7. The minimum Gasteiger partial charge on any atom is -0.313 e. The van der Waals surface area contributed by atoms with E-state index in [9.17, 15) is 14.9 Å². The third-order valence-corrected chi connectivity index (χ3v) is 8.62. The first-order valence-electron chi connectivity index (χ1n) is 11.6. The van der Waals surface area contributed by atoms with E-state index in [1.54, 1.807) is 40.9 Å². The van der Waals surface area contributed by atoms with Gasteiger partial charge >= 0.3 is 0 Å². The van der Waals surface area contributed by atoms with Gasteiger partial charge in [0.05, 0.1) is 15.1 Å². The molecule has 0 atom stereocenters. The van der Waals surface area contributed by atoms with Gasteiger partial charge in [-0.15, -0.1) is 22.7 Å². The van der Waals surface area contributed by atoms with Gasteiger partial charge in [0.25, 0.3) is 5.69 Å². The number of rotatable bonds is 5. The highest BCUT2D eigenvalue weighted by atomic mass is 32.1. The molecule has 2 aromatic carbocycles. The Labute approximate surface area is 217 Å². The molecule has 0 saturated heterocycles. The van der Waals surface area contributed by atoms with Gasteiger partial charge in [-0.25, -0.2) is 4.98 Å². The predicted octanol–water partition coefficient (Wildman–Crippen LogP) is 6.74. The van der Waals surface area contributed by atoms with E-state index in [1.165, 1.54) is 28.6 Å². The third kappa shape index (κ3) is 4.69. The zero-order valence-electron chi connectivity index (χ0n) is 20.4. The normalized spacial score (nSPS) is 16.2. The lowest BCUT2D eigenvalue weighted by atomic mass is 9.81. The molecule has 5 rings (SSSR count). The van der Waals surface area contributed by atoms with E-state index in [0.717, 1.165) is 32.2 Å². The molecule has 9 heteroatoms. The van der Waals surface area contributed by atoms with Crippen LogP contribution in [0.2, 0.25) is 0 Å². The Morgan fingerprint density at radius 3 is 2.67 bits per heavy atom. The highest BCUT2D eigenvalue weighted by Gasteiger charge is 2.41. The summed E-state index contributed by atoms with van der Waals surface area (Å²) in [6.07, 6.45) is 3.81. The van der Waals surface area contributed by atoms with Crippen molar-refractivity contribution in [2.24, 2.45) is 0 Å². The van der Waals surface area contributed by atoms with Crippen LogP contribution in [0.15, 0.2) is 54.6 Å². The zero-order valence-corrected chi connectivity index (χ0v) is 22.0. The molecule has 1 aliphatic rings. The highest BCUT2D eigenvalue weighted by Crippen LogP contribution is 2.50. The fourth-order valence-electron chi connectivity index (χ4n) is 4.89. The second-order valence-corrected chi connectivity index (χ2v) is 12.1. The summed E-state index contributed by atoms with van der Waals surface area (Å²) in [6.45, 7) is 8.72. The third-order valence-electron chi connectivity index (χ3n) is 6.10. The van der Waals surface area contributed by atoms with Crippen LogP contribution in [0.3, 0.4) is 0 Å². The summed E-state index contributed by atoms with van der Waals surface area (Å²) in [6, 6.07) is 14.2. The van der Waals surface area contributed by atoms with Crippen molar-refractivity contribution in [3.63, 3.8) is 0 Å². The van der Waals surface area contributed by atoms with Gasteiger partial charge in [-0.1, -0.05) is 24.3 Å². The van der Waals surface area contributed by atoms with Crippen molar-refractivity contribution in [1.29, 1.82) is 0 Å². The summed E-state index contributed by atoms with van der Waals surface area (Å²) >= 11 is 3.21. The van der Waals surface area contributed by atoms with Gasteiger partial charge in [0.2, 0.25) is 5.91 Å². The van der Waals surface area contributed by atoms with Gasteiger partial charge in [0.15, 0.2) is 0 Å². The maximum absolute atomic E-state index is 13.0. The number of hydrogen-bond acceptors (Lipinski definition) is 7. The zero-order chi connectivity index (χ0) is 25.7. The number of nitro benzene ring substituents is 1. The van der Waals surface area contributed by atoms with Gasteiger partial charge in [-0.05, 0) is 63.5 Å². The van der Waals surface area contributed by atoms with E-state index in [-0.39, 0.29) is 22.7 Å². The van der Waals surface area contributed by atoms with Crippen LogP contribution < -0.4 is 10.6 Å². The van der Waals surface area contributed by atoms with Crippen LogP contribution >= 0.6 is 22.7 Å². The number of non-ortho nitro benzene ring substituents is 1. The molecular formula is C27H26N4O3S2. The molecule has 7 nitrogen and oxygen atoms in total. The average molecular weight is 519 g/mol. The molecule has 36 heavy (non-hydrogen) atoms. The number of para-hydroxylation sites is 1. The molecule has 4 aromatic rings. The molecule has 0 unspecified atom stereocenters. The van der Waals surface area contributed by atoms with Crippen LogP contribution in [0.4, 0.5) is 10.7 Å². The number of nitro groups is 1. The number of aromatic nitrogens is 1. The molecule has 0 aliphatic carbocycles. The number of hydrogen-bond donors (Lipinski definition) is 2. The van der Waals surface area contributed by atoms with Gasteiger partial charge in [0.1, 0.15) is 10.0 Å². The largest absolute Gasteiger partial charge is 0.313 e. The number of thiazole rings is 1. The van der Waals surface area contributed by atoms with Crippen LogP contribution in [0.25, 0.3) is 26.9 Å². The van der Waals surface area contributed by atoms with E-state index in [0.29, 0.717) is 5.56 Å². The van der Waals surface area contributed by atoms with Crippen molar-refractivity contribution >= 4 is 55.6 Å². The monoisotopic (exact) mass is 518 g/mol. The topological polar surface area (TPSA) is 97.2 Å². The molecule has 0 radical (unpaired) electrons. The first kappa shape index (κ1) is 24.3. The molecule has 3 heterocycles. The number of thiophene rings is 1. The first-order valence-corrected chi connectivity index (χ1v) is 13.2. The Morgan fingerprint density at radius 2 is 1.92 bits per heavy atom. The smallest absolute Gasteiger partial charge is 0.270 e. The Hall–Kier alpha value is -3.40. The van der Waals surface area contributed by atoms with Crippen LogP contribution in [0.1, 0.15) is 43.7 Å². The van der Waals surface area contributed by atoms with Gasteiger partial charge in [-0.3, -0.25) is 14.9 Å². The van der Waals surface area contributed by atoms with E-state index in [1.807, 2.05) is 18.2 Å². The molecule has 0 fully saturated rings. The minimum absolute atomic E-state index is 0.0149. The van der Waals surface area contributed by atoms with E-state index < -0.39 is 4.92 Å². The van der Waals surface area contributed by atoms with E-state index in [4.69, 9.17) is 4.98 Å². The number of nitrogens with zero attached hydrogens (tertiary/aromatic N) is 2. The van der Waals surface area contributed by atoms with Crippen LogP contribution in [-0.4, -0.2) is 21.4 Å². The van der Waals surface area contributed by atoms with E-state index in [2.05, 4.69) is 44.4 Å². The number of carbonyl (C=O) groups is 1. The predicted molar refractivity (Wildman–Crippen MR) is 148 cm³/mol. The van der Waals surface area contributed by atoms with Crippen molar-refractivity contribution in [2.75, 3.05) is 5.32 Å². The fourth-order valence-corrected chi connectivity index (χ4v) is 7.28. The van der Waals surface area contributed by atoms with Crippen molar-refractivity contribution in [3.05, 3.63) is 80.7 Å². The number of fused-ring (bicyclic) bond motifs is 2. The van der Waals surface area contributed by atoms with Crippen LogP contribution in [0, 0.1) is 10.1 Å². The second-order valence-electron chi connectivity index (χ2n) is 10.1. The summed E-state index contributed by atoms with van der Waals surface area (Å²) in [5, 5.41) is 19.5. The SMILES string of the molecule is CC1(C)Cc2c(sc(NC(=O)C=Cc3cccc([N+](=O)[O-])c3)c2-c2nc3ccccc3s2)C(C)(C)N1. The standard InChI is InChI=1S/C27H26N4O3S2/c1-26(2)15-18-22(24-28-19-10-5-6-11-20(19)35-24)25(36-23(18)27(3,4)30-26)29-21(32)13-12-16-8-7-9-17(14-16)31(33)34/h5-14,30H,15H2,1-4H3,(H,29,32). The van der Waals surface area contributed by atoms with Crippen molar-refractivity contribution < 1.29 is 9.72 Å². The summed E-state index contributed by atoms with van der Waals surface area (Å²) in [5.41, 5.74) is 3.32. The number of nitrogens with one attached hydrogen (secondary N) is 2. The number of anilines is 1. The molecule has 0 bridgehead atoms. The van der Waals surface area contributed by atoms with E-state index >= 15 is 0 Å². The molecule has 1 amide bonds. The molecule has 0 saturated carbocycles. The Kier molecular flexibility index (Phi) is 6.02. The lowest BCUT2D eigenvalue weighted by Crippen LogP contribution is -2.54. The molecule has 1 aliphatic heterocycles. The van der Waals surface area contributed by atoms with Gasteiger partial charge in [-0.2, -0.15) is 0 Å². The maximum atomic E-state index is 13.0. The van der Waals surface area contributed by atoms with Crippen molar-refractivity contribution in [3.8, 4) is 10.6 Å². The summed E-state index contributed by atoms with van der Waals surface area (Å²) in [7, 11) is 0. The fraction of sp³-hybridized carbons (Fsp3) is 0.259. The summed E-state index contributed by atoms with van der Waals surface area (Å²) in [5.74, 6) is -0.299. The van der Waals surface area contributed by atoms with Gasteiger partial charge < -0.3 is 10.6 Å².